The summed E-state index contributed by atoms with van der Waals surface area (Å²) in [5.74, 6) is -1.15. The highest BCUT2D eigenvalue weighted by Crippen LogP contribution is 2.40. The standard InChI is InChI=1S/C25H28O8S/c1-15-5-9-18(10-6-15)34(29,30)33-24-19(11-7-16(2)8-12-22(27)31-4)20(13-26)17(3)21-14-32-25(28)23(21)24/h5-7,9-10,26H,8,11-14H2,1-4H3. The maximum Gasteiger partial charge on any atom is 0.342 e. The van der Waals surface area contributed by atoms with E-state index in [1.807, 2.05) is 19.9 Å². The van der Waals surface area contributed by atoms with Crippen molar-refractivity contribution in [3.8, 4) is 5.75 Å². The molecule has 34 heavy (non-hydrogen) atoms. The van der Waals surface area contributed by atoms with Gasteiger partial charge in [-0.25, -0.2) is 4.79 Å². The minimum absolute atomic E-state index is 0.0256. The van der Waals surface area contributed by atoms with E-state index in [9.17, 15) is 23.1 Å². The lowest BCUT2D eigenvalue weighted by Gasteiger charge is -2.19. The van der Waals surface area contributed by atoms with Crippen LogP contribution in [0.1, 0.15) is 57.9 Å². The highest BCUT2D eigenvalue weighted by Gasteiger charge is 2.34. The van der Waals surface area contributed by atoms with Crippen molar-refractivity contribution >= 4 is 22.1 Å². The molecular formula is C25H28O8S. The Morgan fingerprint density at radius 2 is 1.82 bits per heavy atom. The summed E-state index contributed by atoms with van der Waals surface area (Å²) in [7, 11) is -2.95. The first-order valence-electron chi connectivity index (χ1n) is 10.8. The maximum absolute atomic E-state index is 13.1. The Kier molecular flexibility index (Phi) is 7.78. The number of carbonyl (C=O) groups excluding carboxylic acids is 2. The lowest BCUT2D eigenvalue weighted by Crippen LogP contribution is -2.16. The summed E-state index contributed by atoms with van der Waals surface area (Å²) >= 11 is 0. The van der Waals surface area contributed by atoms with Crippen molar-refractivity contribution in [3.05, 3.63) is 69.3 Å². The number of aliphatic hydroxyl groups is 1. The number of aryl methyl sites for hydroxylation is 1. The van der Waals surface area contributed by atoms with Crippen molar-refractivity contribution in [2.45, 2.75) is 58.1 Å². The molecule has 1 aliphatic heterocycles. The third-order valence-corrected chi connectivity index (χ3v) is 7.13. The first-order chi connectivity index (χ1) is 16.1. The number of hydrogen-bond acceptors (Lipinski definition) is 8. The molecule has 2 aromatic rings. The van der Waals surface area contributed by atoms with Gasteiger partial charge in [-0.3, -0.25) is 4.79 Å². The van der Waals surface area contributed by atoms with Gasteiger partial charge in [-0.05, 0) is 56.9 Å². The van der Waals surface area contributed by atoms with Crippen LogP contribution >= 0.6 is 0 Å². The summed E-state index contributed by atoms with van der Waals surface area (Å²) in [6.45, 7) is 5.02. The molecule has 0 atom stereocenters. The molecule has 1 aliphatic rings. The zero-order valence-electron chi connectivity index (χ0n) is 19.6. The van der Waals surface area contributed by atoms with Crippen molar-refractivity contribution in [1.29, 1.82) is 0 Å². The zero-order valence-corrected chi connectivity index (χ0v) is 20.5. The van der Waals surface area contributed by atoms with Crippen molar-refractivity contribution in [2.75, 3.05) is 7.11 Å². The molecule has 0 radical (unpaired) electrons. The van der Waals surface area contributed by atoms with Crippen LogP contribution in [-0.4, -0.2) is 32.6 Å². The molecule has 182 valence electrons. The second kappa shape index (κ2) is 10.4. The Balaban J connectivity index is 2.10. The molecule has 0 fully saturated rings. The first kappa shape index (κ1) is 25.5. The van der Waals surface area contributed by atoms with Crippen LogP contribution in [0.3, 0.4) is 0 Å². The third kappa shape index (κ3) is 5.31. The van der Waals surface area contributed by atoms with Crippen LogP contribution in [0, 0.1) is 13.8 Å². The highest BCUT2D eigenvalue weighted by atomic mass is 32.2. The van der Waals surface area contributed by atoms with Gasteiger partial charge in [0.1, 0.15) is 17.1 Å². The molecule has 9 heteroatoms. The summed E-state index contributed by atoms with van der Waals surface area (Å²) in [6, 6.07) is 6.16. The Bertz CT molecular complexity index is 1240. The SMILES string of the molecule is COC(=O)CCC(C)=CCc1c(CO)c(C)c2c(c1OS(=O)(=O)c1ccc(C)cc1)C(=O)OC2. The van der Waals surface area contributed by atoms with E-state index in [0.29, 0.717) is 28.7 Å². The smallest absolute Gasteiger partial charge is 0.342 e. The fourth-order valence-corrected chi connectivity index (χ4v) is 4.76. The minimum Gasteiger partial charge on any atom is -0.469 e. The van der Waals surface area contributed by atoms with E-state index in [0.717, 1.165) is 11.1 Å². The van der Waals surface area contributed by atoms with Gasteiger partial charge >= 0.3 is 22.1 Å². The van der Waals surface area contributed by atoms with Gasteiger partial charge in [0.2, 0.25) is 0 Å². The molecule has 8 nitrogen and oxygen atoms in total. The number of benzene rings is 2. The fraction of sp³-hybridized carbons (Fsp3) is 0.360. The number of allylic oxidation sites excluding steroid dienone is 2. The van der Waals surface area contributed by atoms with Crippen molar-refractivity contribution in [1.82, 2.24) is 0 Å². The molecular weight excluding hydrogens is 460 g/mol. The van der Waals surface area contributed by atoms with Gasteiger partial charge in [-0.15, -0.1) is 0 Å². The molecule has 0 saturated heterocycles. The number of carbonyl (C=O) groups is 2. The average molecular weight is 489 g/mol. The summed E-state index contributed by atoms with van der Waals surface area (Å²) in [4.78, 5) is 24.0. The van der Waals surface area contributed by atoms with Gasteiger partial charge in [0.05, 0.1) is 13.7 Å². The van der Waals surface area contributed by atoms with Gasteiger partial charge in [0.25, 0.3) is 0 Å². The van der Waals surface area contributed by atoms with E-state index >= 15 is 0 Å². The second-order valence-electron chi connectivity index (χ2n) is 8.18. The van der Waals surface area contributed by atoms with Crippen LogP contribution < -0.4 is 4.18 Å². The predicted molar refractivity (Wildman–Crippen MR) is 124 cm³/mol. The van der Waals surface area contributed by atoms with Gasteiger partial charge in [-0.2, -0.15) is 8.42 Å². The summed E-state index contributed by atoms with van der Waals surface area (Å²) in [5, 5.41) is 10.1. The second-order valence-corrected chi connectivity index (χ2v) is 9.73. The van der Waals surface area contributed by atoms with Crippen LogP contribution in [0.25, 0.3) is 0 Å². The predicted octanol–water partition coefficient (Wildman–Crippen LogP) is 3.68. The molecule has 0 aliphatic carbocycles. The van der Waals surface area contributed by atoms with Crippen LogP contribution in [0.15, 0.2) is 40.8 Å². The highest BCUT2D eigenvalue weighted by molar-refractivity contribution is 7.87. The van der Waals surface area contributed by atoms with Crippen LogP contribution in [0.4, 0.5) is 0 Å². The van der Waals surface area contributed by atoms with E-state index in [4.69, 9.17) is 8.92 Å². The Morgan fingerprint density at radius 3 is 2.44 bits per heavy atom. The largest absolute Gasteiger partial charge is 0.469 e. The van der Waals surface area contributed by atoms with Crippen LogP contribution in [0.2, 0.25) is 0 Å². The van der Waals surface area contributed by atoms with Gasteiger partial charge in [0.15, 0.2) is 5.75 Å². The number of aliphatic hydroxyl groups excluding tert-OH is 1. The van der Waals surface area contributed by atoms with E-state index in [1.54, 1.807) is 19.1 Å². The molecule has 0 unspecified atom stereocenters. The topological polar surface area (TPSA) is 116 Å². The van der Waals surface area contributed by atoms with Crippen molar-refractivity contribution in [2.24, 2.45) is 0 Å². The molecule has 3 rings (SSSR count). The Hall–Kier alpha value is -3.17. The lowest BCUT2D eigenvalue weighted by molar-refractivity contribution is -0.140. The first-order valence-corrected chi connectivity index (χ1v) is 12.2. The number of methoxy groups -OCH3 is 1. The quantitative estimate of drug-likeness (QED) is 0.323. The lowest BCUT2D eigenvalue weighted by atomic mass is 9.90. The normalized spacial score (nSPS) is 13.4. The van der Waals surface area contributed by atoms with Gasteiger partial charge in [-0.1, -0.05) is 29.3 Å². The van der Waals surface area contributed by atoms with Crippen molar-refractivity contribution in [3.63, 3.8) is 0 Å². The minimum atomic E-state index is -4.27. The van der Waals surface area contributed by atoms with Crippen molar-refractivity contribution < 1.29 is 36.8 Å². The molecule has 0 aromatic heterocycles. The number of fused-ring (bicyclic) bond motifs is 1. The molecule has 2 aromatic carbocycles. The van der Waals surface area contributed by atoms with Gasteiger partial charge in [0, 0.05) is 17.5 Å². The number of ether oxygens (including phenoxy) is 2. The number of esters is 2. The van der Waals surface area contributed by atoms with Crippen LogP contribution in [0.5, 0.6) is 5.75 Å². The maximum atomic E-state index is 13.1. The molecule has 0 saturated carbocycles. The third-order valence-electron chi connectivity index (χ3n) is 5.89. The monoisotopic (exact) mass is 488 g/mol. The fourth-order valence-electron chi connectivity index (χ4n) is 3.79. The van der Waals surface area contributed by atoms with E-state index < -0.39 is 16.1 Å². The number of cyclic esters (lactones) is 1. The summed E-state index contributed by atoms with van der Waals surface area (Å²) in [6.07, 6.45) is 2.65. The molecule has 0 spiro atoms. The summed E-state index contributed by atoms with van der Waals surface area (Å²) in [5.41, 5.74) is 3.81. The van der Waals surface area contributed by atoms with E-state index in [2.05, 4.69) is 4.74 Å². The molecule has 1 heterocycles. The Labute approximate surface area is 199 Å². The zero-order chi connectivity index (χ0) is 25.0. The van der Waals surface area contributed by atoms with Crippen LogP contribution in [-0.2, 0) is 44.0 Å². The molecule has 1 N–H and O–H groups in total. The Morgan fingerprint density at radius 1 is 1.15 bits per heavy atom. The number of rotatable bonds is 9. The molecule has 0 bridgehead atoms. The van der Waals surface area contributed by atoms with E-state index in [-0.39, 0.29) is 48.2 Å². The average Bonchev–Trinajstić information content (AvgIpc) is 3.20. The number of hydrogen-bond donors (Lipinski definition) is 1. The molecule has 0 amide bonds. The van der Waals surface area contributed by atoms with E-state index in [1.165, 1.54) is 19.2 Å². The van der Waals surface area contributed by atoms with Gasteiger partial charge < -0.3 is 18.8 Å². The summed E-state index contributed by atoms with van der Waals surface area (Å²) < 4.78 is 41.6.